The van der Waals surface area contributed by atoms with Gasteiger partial charge in [0, 0.05) is 0 Å². The average molecular weight is 276 g/mol. The van der Waals surface area contributed by atoms with E-state index < -0.39 is 7.60 Å². The van der Waals surface area contributed by atoms with Gasteiger partial charge in [-0.2, -0.15) is 0 Å². The van der Waals surface area contributed by atoms with Crippen molar-refractivity contribution < 1.29 is 23.1 Å². The van der Waals surface area contributed by atoms with E-state index in [1.807, 2.05) is 13.8 Å². The van der Waals surface area contributed by atoms with Gasteiger partial charge in [0.25, 0.3) is 0 Å². The molecule has 104 valence electrons. The third kappa shape index (κ3) is 3.22. The standard InChI is InChI=1S/C12H21O5P/c1-5-10-9(4)8-11(17-12(10)13)18(14,15-6-2)16-7-3/h8-10H,5-7H2,1-4H3/t9-,10+/m0/s1. The second-order valence-corrected chi connectivity index (χ2v) is 6.08. The van der Waals surface area contributed by atoms with Crippen LogP contribution in [0.1, 0.15) is 34.1 Å². The summed E-state index contributed by atoms with van der Waals surface area (Å²) in [6.45, 7) is 7.72. The molecule has 1 aliphatic heterocycles. The lowest BCUT2D eigenvalue weighted by atomic mass is 9.91. The average Bonchev–Trinajstić information content (AvgIpc) is 2.29. The molecule has 0 aromatic heterocycles. The van der Waals surface area contributed by atoms with E-state index in [0.29, 0.717) is 6.42 Å². The van der Waals surface area contributed by atoms with Gasteiger partial charge in [0.1, 0.15) is 0 Å². The minimum atomic E-state index is -3.49. The molecule has 0 N–H and O–H groups in total. The van der Waals surface area contributed by atoms with E-state index in [4.69, 9.17) is 13.8 Å². The lowest BCUT2D eigenvalue weighted by molar-refractivity contribution is -0.146. The van der Waals surface area contributed by atoms with Crippen LogP contribution in [-0.2, 0) is 23.1 Å². The van der Waals surface area contributed by atoms with Crippen LogP contribution < -0.4 is 0 Å². The highest BCUT2D eigenvalue weighted by molar-refractivity contribution is 7.58. The zero-order valence-corrected chi connectivity index (χ0v) is 12.2. The van der Waals surface area contributed by atoms with Gasteiger partial charge in [-0.3, -0.25) is 9.36 Å². The first kappa shape index (κ1) is 15.4. The van der Waals surface area contributed by atoms with E-state index in [0.717, 1.165) is 0 Å². The summed E-state index contributed by atoms with van der Waals surface area (Å²) in [6.07, 6.45) is 2.37. The Balaban J connectivity index is 3.00. The molecule has 0 radical (unpaired) electrons. The van der Waals surface area contributed by atoms with E-state index in [1.54, 1.807) is 19.9 Å². The van der Waals surface area contributed by atoms with Crippen LogP contribution in [0.25, 0.3) is 0 Å². The first-order chi connectivity index (χ1) is 8.48. The number of carbonyl (C=O) groups excluding carboxylic acids is 1. The van der Waals surface area contributed by atoms with Crippen molar-refractivity contribution in [2.24, 2.45) is 11.8 Å². The summed E-state index contributed by atoms with van der Waals surface area (Å²) in [7, 11) is -3.49. The molecule has 0 bridgehead atoms. The lowest BCUT2D eigenvalue weighted by Gasteiger charge is -2.28. The van der Waals surface area contributed by atoms with Gasteiger partial charge in [-0.05, 0) is 32.3 Å². The number of carbonyl (C=O) groups is 1. The Labute approximate surface area is 108 Å². The van der Waals surface area contributed by atoms with E-state index >= 15 is 0 Å². The smallest absolute Gasteiger partial charge is 0.396 e. The molecule has 0 saturated heterocycles. The topological polar surface area (TPSA) is 61.8 Å². The van der Waals surface area contributed by atoms with Crippen molar-refractivity contribution in [3.8, 4) is 0 Å². The highest BCUT2D eigenvalue weighted by Gasteiger charge is 2.40. The number of hydrogen-bond donors (Lipinski definition) is 0. The second kappa shape index (κ2) is 6.50. The SMILES string of the molecule is CCOP(=O)(OCC)C1=C[C@H](C)[C@@H](CC)C(=O)O1. The van der Waals surface area contributed by atoms with Crippen LogP contribution in [-0.4, -0.2) is 19.2 Å². The molecule has 0 fully saturated rings. The van der Waals surface area contributed by atoms with Crippen molar-refractivity contribution >= 4 is 13.6 Å². The van der Waals surface area contributed by atoms with Crippen LogP contribution in [0.2, 0.25) is 0 Å². The maximum absolute atomic E-state index is 12.5. The fraction of sp³-hybridized carbons (Fsp3) is 0.750. The summed E-state index contributed by atoms with van der Waals surface area (Å²) >= 11 is 0. The summed E-state index contributed by atoms with van der Waals surface area (Å²) in [5, 5.41) is 0. The Kier molecular flexibility index (Phi) is 5.57. The molecule has 0 unspecified atom stereocenters. The number of rotatable bonds is 6. The number of allylic oxidation sites excluding steroid dienone is 1. The highest BCUT2D eigenvalue weighted by atomic mass is 31.2. The van der Waals surface area contributed by atoms with Crippen LogP contribution >= 0.6 is 7.60 Å². The Morgan fingerprint density at radius 2 is 1.83 bits per heavy atom. The van der Waals surface area contributed by atoms with Crippen LogP contribution in [0.3, 0.4) is 0 Å². The number of esters is 1. The number of cyclic esters (lactones) is 1. The van der Waals surface area contributed by atoms with Gasteiger partial charge in [-0.15, -0.1) is 0 Å². The molecule has 18 heavy (non-hydrogen) atoms. The summed E-state index contributed by atoms with van der Waals surface area (Å²) in [4.78, 5) is 11.8. The maximum Gasteiger partial charge on any atom is 0.396 e. The van der Waals surface area contributed by atoms with Gasteiger partial charge in [-0.1, -0.05) is 13.8 Å². The number of ether oxygens (including phenoxy) is 1. The van der Waals surface area contributed by atoms with Gasteiger partial charge in [0.15, 0.2) is 0 Å². The molecule has 0 aromatic rings. The molecule has 6 heteroatoms. The third-order valence-corrected chi connectivity index (χ3v) is 4.83. The maximum atomic E-state index is 12.5. The second-order valence-electron chi connectivity index (χ2n) is 4.13. The Morgan fingerprint density at radius 3 is 2.22 bits per heavy atom. The van der Waals surface area contributed by atoms with Gasteiger partial charge in [0.2, 0.25) is 5.50 Å². The minimum absolute atomic E-state index is 0.0273. The molecular formula is C12H21O5P. The predicted molar refractivity (Wildman–Crippen MR) is 68.0 cm³/mol. The molecule has 0 aromatic carbocycles. The monoisotopic (exact) mass is 276 g/mol. The summed E-state index contributed by atoms with van der Waals surface area (Å²) in [6, 6.07) is 0. The van der Waals surface area contributed by atoms with Gasteiger partial charge < -0.3 is 13.8 Å². The highest BCUT2D eigenvalue weighted by Crippen LogP contribution is 2.58. The quantitative estimate of drug-likeness (QED) is 0.550. The van der Waals surface area contributed by atoms with Crippen molar-refractivity contribution in [2.75, 3.05) is 13.2 Å². The molecule has 0 saturated carbocycles. The van der Waals surface area contributed by atoms with Gasteiger partial charge in [0.05, 0.1) is 19.1 Å². The van der Waals surface area contributed by atoms with Gasteiger partial charge >= 0.3 is 13.6 Å². The Morgan fingerprint density at radius 1 is 1.28 bits per heavy atom. The van der Waals surface area contributed by atoms with Crippen molar-refractivity contribution in [3.63, 3.8) is 0 Å². The molecule has 0 amide bonds. The van der Waals surface area contributed by atoms with E-state index in [1.165, 1.54) is 0 Å². The van der Waals surface area contributed by atoms with E-state index in [-0.39, 0.29) is 36.5 Å². The molecule has 0 aliphatic carbocycles. The van der Waals surface area contributed by atoms with Crippen molar-refractivity contribution in [3.05, 3.63) is 11.6 Å². The summed E-state index contributed by atoms with van der Waals surface area (Å²) in [5.74, 6) is -0.576. The molecule has 1 aliphatic rings. The van der Waals surface area contributed by atoms with E-state index in [2.05, 4.69) is 0 Å². The zero-order chi connectivity index (χ0) is 13.8. The van der Waals surface area contributed by atoms with Crippen LogP contribution in [0, 0.1) is 11.8 Å². The molecule has 1 rings (SSSR count). The van der Waals surface area contributed by atoms with Crippen LogP contribution in [0.5, 0.6) is 0 Å². The Bertz CT molecular complexity index is 367. The first-order valence-corrected chi connectivity index (χ1v) is 7.85. The van der Waals surface area contributed by atoms with Crippen LogP contribution in [0.15, 0.2) is 11.6 Å². The van der Waals surface area contributed by atoms with Crippen molar-refractivity contribution in [2.45, 2.75) is 34.1 Å². The van der Waals surface area contributed by atoms with Gasteiger partial charge in [-0.25, -0.2) is 0 Å². The molecule has 1 heterocycles. The summed E-state index contributed by atoms with van der Waals surface area (Å²) in [5.41, 5.74) is 0.0356. The normalized spacial score (nSPS) is 24.7. The van der Waals surface area contributed by atoms with Crippen LogP contribution in [0.4, 0.5) is 0 Å². The minimum Gasteiger partial charge on any atom is -0.418 e. The van der Waals surface area contributed by atoms with Crippen molar-refractivity contribution in [1.82, 2.24) is 0 Å². The number of hydrogen-bond acceptors (Lipinski definition) is 5. The zero-order valence-electron chi connectivity index (χ0n) is 11.3. The fourth-order valence-electron chi connectivity index (χ4n) is 1.96. The molecule has 0 spiro atoms. The predicted octanol–water partition coefficient (Wildman–Crippen LogP) is 3.31. The van der Waals surface area contributed by atoms with E-state index in [9.17, 15) is 9.36 Å². The largest absolute Gasteiger partial charge is 0.418 e. The first-order valence-electron chi connectivity index (χ1n) is 6.31. The Hall–Kier alpha value is -0.640. The third-order valence-electron chi connectivity index (χ3n) is 2.86. The molecule has 2 atom stereocenters. The summed E-state index contributed by atoms with van der Waals surface area (Å²) < 4.78 is 27.9. The fourth-order valence-corrected chi connectivity index (χ4v) is 3.59. The lowest BCUT2D eigenvalue weighted by Crippen LogP contribution is -2.27. The molecule has 5 nitrogen and oxygen atoms in total. The van der Waals surface area contributed by atoms with Crippen molar-refractivity contribution in [1.29, 1.82) is 0 Å². The molecular weight excluding hydrogens is 255 g/mol.